The van der Waals surface area contributed by atoms with Crippen molar-refractivity contribution >= 4 is 5.69 Å². The molecule has 0 bridgehead atoms. The Morgan fingerprint density at radius 3 is 2.06 bits per heavy atom. The minimum absolute atomic E-state index is 0.885. The number of anilines is 1. The molecule has 0 radical (unpaired) electrons. The molecule has 1 aromatic carbocycles. The Bertz CT molecular complexity index is 544. The first-order valence-electron chi connectivity index (χ1n) is 6.41. The average molecular weight is 242 g/mol. The zero-order chi connectivity index (χ0) is 13.3. The summed E-state index contributed by atoms with van der Waals surface area (Å²) in [7, 11) is 2.12. The molecule has 2 heteroatoms. The van der Waals surface area contributed by atoms with E-state index < -0.39 is 0 Å². The smallest absolute Gasteiger partial charge is 0.0418 e. The van der Waals surface area contributed by atoms with Gasteiger partial charge in [0.1, 0.15) is 0 Å². The highest BCUT2D eigenvalue weighted by molar-refractivity contribution is 5.49. The van der Waals surface area contributed by atoms with Gasteiger partial charge in [0, 0.05) is 30.7 Å². The number of hydrogen-bond donors (Lipinski definition) is 1. The lowest BCUT2D eigenvalue weighted by atomic mass is 10.1. The van der Waals surface area contributed by atoms with Gasteiger partial charge in [0.2, 0.25) is 0 Å². The Morgan fingerprint density at radius 2 is 1.56 bits per heavy atom. The fourth-order valence-corrected chi connectivity index (χ4v) is 2.39. The van der Waals surface area contributed by atoms with E-state index >= 15 is 0 Å². The molecule has 0 fully saturated rings. The molecule has 0 atom stereocenters. The maximum absolute atomic E-state index is 3.51. The Labute approximate surface area is 110 Å². The third-order valence-corrected chi connectivity index (χ3v) is 3.58. The van der Waals surface area contributed by atoms with Crippen molar-refractivity contribution < 1.29 is 0 Å². The first-order valence-corrected chi connectivity index (χ1v) is 6.41. The van der Waals surface area contributed by atoms with E-state index in [2.05, 4.69) is 68.9 Å². The molecule has 0 saturated heterocycles. The van der Waals surface area contributed by atoms with Gasteiger partial charge in [0.25, 0.3) is 0 Å². The van der Waals surface area contributed by atoms with Crippen LogP contribution in [0, 0.1) is 27.7 Å². The average Bonchev–Trinajstić information content (AvgIpc) is 2.53. The first-order chi connectivity index (χ1) is 8.47. The van der Waals surface area contributed by atoms with Gasteiger partial charge in [0.05, 0.1) is 0 Å². The van der Waals surface area contributed by atoms with Crippen molar-refractivity contribution in [3.05, 3.63) is 52.3 Å². The molecule has 0 spiro atoms. The summed E-state index contributed by atoms with van der Waals surface area (Å²) in [5.41, 5.74) is 7.83. The molecule has 1 heterocycles. The molecule has 18 heavy (non-hydrogen) atoms. The minimum atomic E-state index is 0.885. The van der Waals surface area contributed by atoms with Gasteiger partial charge in [-0.1, -0.05) is 6.07 Å². The Kier molecular flexibility index (Phi) is 3.46. The van der Waals surface area contributed by atoms with E-state index in [1.807, 2.05) is 0 Å². The predicted octanol–water partition coefficient (Wildman–Crippen LogP) is 3.87. The molecule has 0 amide bonds. The summed E-state index contributed by atoms with van der Waals surface area (Å²) < 4.78 is 2.23. The van der Waals surface area contributed by atoms with Crippen LogP contribution in [0.4, 0.5) is 5.69 Å². The van der Waals surface area contributed by atoms with Crippen LogP contribution in [0.25, 0.3) is 0 Å². The highest BCUT2D eigenvalue weighted by Gasteiger charge is 2.05. The van der Waals surface area contributed by atoms with Crippen LogP contribution in [0.3, 0.4) is 0 Å². The predicted molar refractivity (Wildman–Crippen MR) is 78.1 cm³/mol. The van der Waals surface area contributed by atoms with Crippen molar-refractivity contribution in [1.29, 1.82) is 0 Å². The molecule has 1 aromatic heterocycles. The number of aromatic nitrogens is 1. The SMILES string of the molecule is Cc1cc(C)cc(NCc2cc(C)n(C)c2C)c1. The largest absolute Gasteiger partial charge is 0.381 e. The lowest BCUT2D eigenvalue weighted by Gasteiger charge is -2.09. The van der Waals surface area contributed by atoms with Crippen LogP contribution in [0.1, 0.15) is 28.1 Å². The summed E-state index contributed by atoms with van der Waals surface area (Å²) in [6, 6.07) is 8.84. The number of rotatable bonds is 3. The fourth-order valence-electron chi connectivity index (χ4n) is 2.39. The van der Waals surface area contributed by atoms with Gasteiger partial charge < -0.3 is 9.88 Å². The van der Waals surface area contributed by atoms with E-state index in [9.17, 15) is 0 Å². The van der Waals surface area contributed by atoms with Gasteiger partial charge in [-0.3, -0.25) is 0 Å². The van der Waals surface area contributed by atoms with Gasteiger partial charge in [0.15, 0.2) is 0 Å². The third kappa shape index (κ3) is 2.58. The highest BCUT2D eigenvalue weighted by atomic mass is 15.0. The molecule has 2 nitrogen and oxygen atoms in total. The summed E-state index contributed by atoms with van der Waals surface area (Å²) in [6.07, 6.45) is 0. The van der Waals surface area contributed by atoms with E-state index in [0.29, 0.717) is 0 Å². The Hall–Kier alpha value is -1.70. The number of nitrogens with zero attached hydrogens (tertiary/aromatic N) is 1. The second kappa shape index (κ2) is 4.89. The Balaban J connectivity index is 2.13. The molecule has 0 unspecified atom stereocenters. The van der Waals surface area contributed by atoms with Crippen LogP contribution in [0.15, 0.2) is 24.3 Å². The van der Waals surface area contributed by atoms with E-state index in [-0.39, 0.29) is 0 Å². The van der Waals surface area contributed by atoms with Crippen LogP contribution >= 0.6 is 0 Å². The number of hydrogen-bond acceptors (Lipinski definition) is 1. The summed E-state index contributed by atoms with van der Waals surface area (Å²) >= 11 is 0. The monoisotopic (exact) mass is 242 g/mol. The summed E-state index contributed by atoms with van der Waals surface area (Å²) in [5, 5.41) is 3.51. The van der Waals surface area contributed by atoms with Crippen LogP contribution in [-0.4, -0.2) is 4.57 Å². The second-order valence-corrected chi connectivity index (χ2v) is 5.19. The van der Waals surface area contributed by atoms with Crippen molar-refractivity contribution in [3.63, 3.8) is 0 Å². The quantitative estimate of drug-likeness (QED) is 0.864. The van der Waals surface area contributed by atoms with Gasteiger partial charge in [-0.05, 0) is 62.6 Å². The Morgan fingerprint density at radius 1 is 0.944 bits per heavy atom. The summed E-state index contributed by atoms with van der Waals surface area (Å²) in [4.78, 5) is 0. The fraction of sp³-hybridized carbons (Fsp3) is 0.375. The lowest BCUT2D eigenvalue weighted by Crippen LogP contribution is -2.01. The van der Waals surface area contributed by atoms with Crippen LogP contribution in [-0.2, 0) is 13.6 Å². The van der Waals surface area contributed by atoms with Gasteiger partial charge >= 0.3 is 0 Å². The van der Waals surface area contributed by atoms with Crippen LogP contribution in [0.2, 0.25) is 0 Å². The summed E-state index contributed by atoms with van der Waals surface area (Å²) in [6.45, 7) is 9.47. The molecule has 2 rings (SSSR count). The molecule has 96 valence electrons. The molecular formula is C16H22N2. The molecule has 0 aliphatic rings. The van der Waals surface area contributed by atoms with Crippen molar-refractivity contribution in [2.75, 3.05) is 5.32 Å². The van der Waals surface area contributed by atoms with E-state index in [0.717, 1.165) is 6.54 Å². The van der Waals surface area contributed by atoms with Gasteiger partial charge in [-0.2, -0.15) is 0 Å². The third-order valence-electron chi connectivity index (χ3n) is 3.58. The van der Waals surface area contributed by atoms with Gasteiger partial charge in [-0.15, -0.1) is 0 Å². The lowest BCUT2D eigenvalue weighted by molar-refractivity contribution is 0.837. The van der Waals surface area contributed by atoms with Crippen LogP contribution in [0.5, 0.6) is 0 Å². The summed E-state index contributed by atoms with van der Waals surface area (Å²) in [5.74, 6) is 0. The molecule has 0 aliphatic carbocycles. The van der Waals surface area contributed by atoms with Crippen LogP contribution < -0.4 is 5.32 Å². The van der Waals surface area contributed by atoms with Crippen molar-refractivity contribution in [2.45, 2.75) is 34.2 Å². The molecule has 0 aliphatic heterocycles. The number of nitrogens with one attached hydrogen (secondary N) is 1. The van der Waals surface area contributed by atoms with E-state index in [1.165, 1.54) is 33.8 Å². The molecule has 2 aromatic rings. The normalized spacial score (nSPS) is 10.7. The van der Waals surface area contributed by atoms with E-state index in [1.54, 1.807) is 0 Å². The van der Waals surface area contributed by atoms with E-state index in [4.69, 9.17) is 0 Å². The molecule has 0 saturated carbocycles. The minimum Gasteiger partial charge on any atom is -0.381 e. The molecule has 1 N–H and O–H groups in total. The second-order valence-electron chi connectivity index (χ2n) is 5.19. The first kappa shape index (κ1) is 12.7. The topological polar surface area (TPSA) is 17.0 Å². The number of aryl methyl sites for hydroxylation is 3. The van der Waals surface area contributed by atoms with Crippen molar-refractivity contribution in [3.8, 4) is 0 Å². The number of benzene rings is 1. The van der Waals surface area contributed by atoms with Crippen molar-refractivity contribution in [1.82, 2.24) is 4.57 Å². The van der Waals surface area contributed by atoms with Gasteiger partial charge in [-0.25, -0.2) is 0 Å². The molecular weight excluding hydrogens is 220 g/mol. The maximum Gasteiger partial charge on any atom is 0.0418 e. The standard InChI is InChI=1S/C16H22N2/c1-11-6-12(2)8-16(7-11)17-10-15-9-13(3)18(5)14(15)4/h6-9,17H,10H2,1-5H3. The highest BCUT2D eigenvalue weighted by Crippen LogP contribution is 2.17. The van der Waals surface area contributed by atoms with Crippen molar-refractivity contribution in [2.24, 2.45) is 7.05 Å². The zero-order valence-corrected chi connectivity index (χ0v) is 12.0. The zero-order valence-electron chi connectivity index (χ0n) is 12.0. The maximum atomic E-state index is 3.51.